The lowest BCUT2D eigenvalue weighted by molar-refractivity contribution is 0.571. The lowest BCUT2D eigenvalue weighted by Gasteiger charge is -2.00. The van der Waals surface area contributed by atoms with Crippen molar-refractivity contribution in [3.8, 4) is 11.5 Å². The molecule has 0 aliphatic heterocycles. The lowest BCUT2D eigenvalue weighted by atomic mass is 10.2. The molecular weight excluding hydrogens is 307 g/mol. The van der Waals surface area contributed by atoms with Gasteiger partial charge in [0.2, 0.25) is 15.7 Å². The van der Waals surface area contributed by atoms with Crippen LogP contribution in [0.3, 0.4) is 0 Å². The standard InChI is InChI=1S/C15H11FN2O3S/c16-12-6-4-11(5-7-12)15-18-13(9-21-15)10-22(19,20)14-3-1-2-8-17-14/h1-9H,10H2. The van der Waals surface area contributed by atoms with Crippen LogP contribution < -0.4 is 0 Å². The highest BCUT2D eigenvalue weighted by molar-refractivity contribution is 7.90. The van der Waals surface area contributed by atoms with E-state index in [-0.39, 0.29) is 28.2 Å². The van der Waals surface area contributed by atoms with Crippen LogP contribution in [-0.4, -0.2) is 18.4 Å². The molecule has 0 saturated carbocycles. The maximum absolute atomic E-state index is 12.9. The molecule has 0 aliphatic carbocycles. The van der Waals surface area contributed by atoms with Crippen molar-refractivity contribution < 1.29 is 17.2 Å². The van der Waals surface area contributed by atoms with E-state index in [0.29, 0.717) is 5.56 Å². The molecule has 22 heavy (non-hydrogen) atoms. The minimum atomic E-state index is -3.58. The SMILES string of the molecule is O=S(=O)(Cc1coc(-c2ccc(F)cc2)n1)c1ccccn1. The summed E-state index contributed by atoms with van der Waals surface area (Å²) >= 11 is 0. The number of benzene rings is 1. The summed E-state index contributed by atoms with van der Waals surface area (Å²) in [5, 5.41) is -0.0127. The lowest BCUT2D eigenvalue weighted by Crippen LogP contribution is -2.06. The molecule has 0 N–H and O–H groups in total. The number of pyridine rings is 1. The van der Waals surface area contributed by atoms with Gasteiger partial charge < -0.3 is 4.42 Å². The van der Waals surface area contributed by atoms with Crippen molar-refractivity contribution in [1.82, 2.24) is 9.97 Å². The second-order valence-electron chi connectivity index (χ2n) is 4.58. The Morgan fingerprint density at radius 2 is 1.86 bits per heavy atom. The molecule has 0 fully saturated rings. The van der Waals surface area contributed by atoms with Gasteiger partial charge in [0.05, 0.1) is 5.69 Å². The van der Waals surface area contributed by atoms with Gasteiger partial charge in [0.25, 0.3) is 0 Å². The number of rotatable bonds is 4. The van der Waals surface area contributed by atoms with Crippen molar-refractivity contribution in [1.29, 1.82) is 0 Å². The normalized spacial score (nSPS) is 11.5. The summed E-state index contributed by atoms with van der Waals surface area (Å²) < 4.78 is 42.5. The van der Waals surface area contributed by atoms with Gasteiger partial charge in [-0.15, -0.1) is 0 Å². The van der Waals surface area contributed by atoms with Crippen LogP contribution in [0.15, 0.2) is 64.4 Å². The maximum Gasteiger partial charge on any atom is 0.226 e. The minimum Gasteiger partial charge on any atom is -0.444 e. The Balaban J connectivity index is 1.84. The van der Waals surface area contributed by atoms with Gasteiger partial charge in [-0.3, -0.25) is 0 Å². The van der Waals surface area contributed by atoms with Crippen molar-refractivity contribution >= 4 is 9.84 Å². The molecular formula is C15H11FN2O3S. The first-order valence-corrected chi connectivity index (χ1v) is 8.04. The first-order valence-electron chi connectivity index (χ1n) is 6.39. The van der Waals surface area contributed by atoms with E-state index < -0.39 is 9.84 Å². The Labute approximate surface area is 126 Å². The zero-order chi connectivity index (χ0) is 15.6. The molecule has 0 aliphatic rings. The van der Waals surface area contributed by atoms with E-state index >= 15 is 0 Å². The smallest absolute Gasteiger partial charge is 0.226 e. The number of oxazole rings is 1. The highest BCUT2D eigenvalue weighted by Gasteiger charge is 2.19. The van der Waals surface area contributed by atoms with Gasteiger partial charge >= 0.3 is 0 Å². The number of hydrogen-bond acceptors (Lipinski definition) is 5. The van der Waals surface area contributed by atoms with Crippen molar-refractivity contribution in [2.24, 2.45) is 0 Å². The molecule has 2 heterocycles. The van der Waals surface area contributed by atoms with Gasteiger partial charge in [-0.2, -0.15) is 0 Å². The third kappa shape index (κ3) is 3.04. The first-order chi connectivity index (χ1) is 10.5. The van der Waals surface area contributed by atoms with Gasteiger partial charge in [-0.25, -0.2) is 22.8 Å². The number of halogens is 1. The minimum absolute atomic E-state index is 0.0127. The van der Waals surface area contributed by atoms with E-state index in [2.05, 4.69) is 9.97 Å². The molecule has 0 unspecified atom stereocenters. The molecule has 0 spiro atoms. The Morgan fingerprint density at radius 1 is 1.09 bits per heavy atom. The number of nitrogens with zero attached hydrogens (tertiary/aromatic N) is 2. The second-order valence-corrected chi connectivity index (χ2v) is 6.51. The molecule has 0 amide bonds. The van der Waals surface area contributed by atoms with Crippen molar-refractivity contribution in [3.05, 3.63) is 66.4 Å². The number of hydrogen-bond donors (Lipinski definition) is 0. The molecule has 112 valence electrons. The van der Waals surface area contributed by atoms with E-state index in [4.69, 9.17) is 4.42 Å². The van der Waals surface area contributed by atoms with Crippen LogP contribution >= 0.6 is 0 Å². The van der Waals surface area contributed by atoms with E-state index in [9.17, 15) is 12.8 Å². The fourth-order valence-corrected chi connectivity index (χ4v) is 3.08. The van der Waals surface area contributed by atoms with E-state index in [0.717, 1.165) is 0 Å². The van der Waals surface area contributed by atoms with Crippen molar-refractivity contribution in [3.63, 3.8) is 0 Å². The summed E-state index contributed by atoms with van der Waals surface area (Å²) in [6.45, 7) is 0. The van der Waals surface area contributed by atoms with Crippen LogP contribution in [0, 0.1) is 5.82 Å². The third-order valence-corrected chi connectivity index (χ3v) is 4.49. The van der Waals surface area contributed by atoms with Crippen LogP contribution in [-0.2, 0) is 15.6 Å². The first kappa shape index (κ1) is 14.4. The summed E-state index contributed by atoms with van der Waals surface area (Å²) in [5.74, 6) is -0.436. The van der Waals surface area contributed by atoms with Gasteiger partial charge in [0.15, 0.2) is 5.03 Å². The zero-order valence-electron chi connectivity index (χ0n) is 11.3. The van der Waals surface area contributed by atoms with Crippen LogP contribution in [0.4, 0.5) is 4.39 Å². The van der Waals surface area contributed by atoms with Gasteiger partial charge in [-0.1, -0.05) is 6.07 Å². The Morgan fingerprint density at radius 3 is 2.55 bits per heavy atom. The Kier molecular flexibility index (Phi) is 3.72. The summed E-state index contributed by atoms with van der Waals surface area (Å²) in [4.78, 5) is 7.96. The Bertz CT molecular complexity index is 875. The molecule has 3 aromatic rings. The average Bonchev–Trinajstić information content (AvgIpc) is 2.97. The van der Waals surface area contributed by atoms with Gasteiger partial charge in [-0.05, 0) is 36.4 Å². The largest absolute Gasteiger partial charge is 0.444 e. The monoisotopic (exact) mass is 318 g/mol. The predicted octanol–water partition coefficient (Wildman–Crippen LogP) is 2.85. The summed E-state index contributed by atoms with van der Waals surface area (Å²) in [6.07, 6.45) is 2.69. The molecule has 0 bridgehead atoms. The number of aromatic nitrogens is 2. The molecule has 2 aromatic heterocycles. The molecule has 3 rings (SSSR count). The fourth-order valence-electron chi connectivity index (χ4n) is 1.90. The van der Waals surface area contributed by atoms with E-state index in [1.165, 1.54) is 42.8 Å². The summed E-state index contributed by atoms with van der Waals surface area (Å²) in [6, 6.07) is 10.3. The van der Waals surface area contributed by atoms with E-state index in [1.54, 1.807) is 12.1 Å². The van der Waals surface area contributed by atoms with Crippen LogP contribution in [0.1, 0.15) is 5.69 Å². The molecule has 1 aromatic carbocycles. The molecule has 0 radical (unpaired) electrons. The maximum atomic E-state index is 12.9. The van der Waals surface area contributed by atoms with Crippen LogP contribution in [0.5, 0.6) is 0 Å². The quantitative estimate of drug-likeness (QED) is 0.739. The summed E-state index contributed by atoms with van der Waals surface area (Å²) in [7, 11) is -3.58. The summed E-state index contributed by atoms with van der Waals surface area (Å²) in [5.41, 5.74) is 0.841. The highest BCUT2D eigenvalue weighted by atomic mass is 32.2. The van der Waals surface area contributed by atoms with Crippen molar-refractivity contribution in [2.75, 3.05) is 0 Å². The molecule has 5 nitrogen and oxygen atoms in total. The van der Waals surface area contributed by atoms with Crippen molar-refractivity contribution in [2.45, 2.75) is 10.8 Å². The number of sulfone groups is 1. The average molecular weight is 318 g/mol. The molecule has 0 atom stereocenters. The molecule has 7 heteroatoms. The zero-order valence-corrected chi connectivity index (χ0v) is 12.1. The van der Waals surface area contributed by atoms with Crippen LogP contribution in [0.2, 0.25) is 0 Å². The highest BCUT2D eigenvalue weighted by Crippen LogP contribution is 2.21. The topological polar surface area (TPSA) is 73.1 Å². The Hall–Kier alpha value is -2.54. The second kappa shape index (κ2) is 5.69. The molecule has 0 saturated heterocycles. The third-order valence-electron chi connectivity index (χ3n) is 2.94. The van der Waals surface area contributed by atoms with Gasteiger partial charge in [0, 0.05) is 11.8 Å². The van der Waals surface area contributed by atoms with Crippen LogP contribution in [0.25, 0.3) is 11.5 Å². The predicted molar refractivity (Wildman–Crippen MR) is 77.0 cm³/mol. The fraction of sp³-hybridized carbons (Fsp3) is 0.0667. The van der Waals surface area contributed by atoms with E-state index in [1.807, 2.05) is 0 Å². The van der Waals surface area contributed by atoms with Gasteiger partial charge in [0.1, 0.15) is 17.8 Å².